The van der Waals surface area contributed by atoms with Crippen LogP contribution in [0.4, 0.5) is 0 Å². The SMILES string of the molecule is C=C(O[B]c1cc2cc(C)sc2s1)C(C)(C)OC. The molecule has 2 rings (SSSR count). The maximum absolute atomic E-state index is 5.58. The zero-order chi connectivity index (χ0) is 13.3. The molecule has 0 unspecified atom stereocenters. The number of rotatable bonds is 5. The minimum atomic E-state index is -0.471. The Morgan fingerprint density at radius 2 is 2.06 bits per heavy atom. The molecule has 0 aliphatic carbocycles. The number of hydrogen-bond acceptors (Lipinski definition) is 4. The Hall–Kier alpha value is -0.775. The van der Waals surface area contributed by atoms with Crippen LogP contribution in [0.25, 0.3) is 9.40 Å². The molecular formula is C13H16BO2S2. The van der Waals surface area contributed by atoms with Crippen molar-refractivity contribution in [3.05, 3.63) is 29.3 Å². The van der Waals surface area contributed by atoms with Gasteiger partial charge in [-0.1, -0.05) is 6.58 Å². The number of fused-ring (bicyclic) bond motifs is 1. The predicted octanol–water partition coefficient (Wildman–Crippen LogP) is 3.47. The van der Waals surface area contributed by atoms with Gasteiger partial charge in [-0.25, -0.2) is 0 Å². The molecule has 5 heteroatoms. The Kier molecular flexibility index (Phi) is 3.85. The Morgan fingerprint density at radius 1 is 1.33 bits per heavy atom. The zero-order valence-corrected chi connectivity index (χ0v) is 12.7. The van der Waals surface area contributed by atoms with Crippen molar-refractivity contribution < 1.29 is 9.39 Å². The first-order valence-corrected chi connectivity index (χ1v) is 7.30. The van der Waals surface area contributed by atoms with Crippen LogP contribution in [0.5, 0.6) is 0 Å². The Balaban J connectivity index is 2.02. The van der Waals surface area contributed by atoms with Gasteiger partial charge >= 0.3 is 7.48 Å². The summed E-state index contributed by atoms with van der Waals surface area (Å²) in [6.45, 7) is 9.88. The van der Waals surface area contributed by atoms with Crippen molar-refractivity contribution in [2.24, 2.45) is 0 Å². The molecule has 2 heterocycles. The van der Waals surface area contributed by atoms with Gasteiger partial charge in [0.25, 0.3) is 0 Å². The van der Waals surface area contributed by atoms with E-state index < -0.39 is 5.60 Å². The van der Waals surface area contributed by atoms with Crippen molar-refractivity contribution in [1.82, 2.24) is 0 Å². The summed E-state index contributed by atoms with van der Waals surface area (Å²) in [7, 11) is 3.40. The van der Waals surface area contributed by atoms with E-state index in [1.807, 2.05) is 25.2 Å². The quantitative estimate of drug-likeness (QED) is 0.616. The van der Waals surface area contributed by atoms with Gasteiger partial charge in [-0.3, -0.25) is 0 Å². The van der Waals surface area contributed by atoms with Crippen molar-refractivity contribution in [2.45, 2.75) is 26.4 Å². The van der Waals surface area contributed by atoms with Crippen molar-refractivity contribution in [3.8, 4) is 0 Å². The molecule has 95 valence electrons. The van der Waals surface area contributed by atoms with E-state index in [0.29, 0.717) is 5.76 Å². The predicted molar refractivity (Wildman–Crippen MR) is 81.1 cm³/mol. The molecule has 0 amide bonds. The van der Waals surface area contributed by atoms with E-state index in [9.17, 15) is 0 Å². The van der Waals surface area contributed by atoms with Gasteiger partial charge in [-0.15, -0.1) is 22.7 Å². The lowest BCUT2D eigenvalue weighted by Gasteiger charge is -2.25. The van der Waals surface area contributed by atoms with E-state index in [4.69, 9.17) is 9.39 Å². The van der Waals surface area contributed by atoms with Gasteiger partial charge in [0.2, 0.25) is 0 Å². The molecular weight excluding hydrogens is 263 g/mol. The number of ether oxygens (including phenoxy) is 1. The molecule has 0 spiro atoms. The average molecular weight is 279 g/mol. The topological polar surface area (TPSA) is 18.5 Å². The summed E-state index contributed by atoms with van der Waals surface area (Å²) in [5.74, 6) is 0.609. The van der Waals surface area contributed by atoms with E-state index >= 15 is 0 Å². The highest BCUT2D eigenvalue weighted by atomic mass is 32.2. The summed E-state index contributed by atoms with van der Waals surface area (Å²) in [6, 6.07) is 4.33. The third-order valence-electron chi connectivity index (χ3n) is 2.86. The van der Waals surface area contributed by atoms with Crippen LogP contribution >= 0.6 is 22.7 Å². The normalized spacial score (nSPS) is 11.8. The Labute approximate surface area is 117 Å². The minimum absolute atomic E-state index is 0.471. The second-order valence-corrected chi connectivity index (χ2v) is 7.22. The van der Waals surface area contributed by atoms with Gasteiger partial charge in [-0.2, -0.15) is 0 Å². The molecule has 0 fully saturated rings. The molecule has 0 aromatic carbocycles. The van der Waals surface area contributed by atoms with Gasteiger partial charge in [0, 0.05) is 22.1 Å². The second kappa shape index (κ2) is 5.07. The maximum atomic E-state index is 5.58. The molecule has 2 nitrogen and oxygen atoms in total. The molecule has 0 bridgehead atoms. The molecule has 1 radical (unpaired) electrons. The fourth-order valence-corrected chi connectivity index (χ4v) is 3.72. The first-order chi connectivity index (χ1) is 8.42. The highest BCUT2D eigenvalue weighted by Crippen LogP contribution is 2.28. The second-order valence-electron chi connectivity index (χ2n) is 4.62. The standard InChI is InChI=1S/C13H16BO2S2/c1-8-6-10-7-11(18-12(10)17-8)14-16-9(2)13(3,4)15-5/h6-7H,2H2,1,3-5H3. The minimum Gasteiger partial charge on any atom is -0.558 e. The number of aryl methyl sites for hydroxylation is 1. The molecule has 0 aliphatic rings. The number of hydrogen-bond donors (Lipinski definition) is 0. The van der Waals surface area contributed by atoms with Crippen molar-refractivity contribution in [2.75, 3.05) is 7.11 Å². The third-order valence-corrected chi connectivity index (χ3v) is 5.09. The van der Waals surface area contributed by atoms with Gasteiger partial charge in [0.1, 0.15) is 5.60 Å². The molecule has 0 atom stereocenters. The first-order valence-electron chi connectivity index (χ1n) is 5.67. The van der Waals surface area contributed by atoms with Crippen LogP contribution in [0, 0.1) is 6.92 Å². The van der Waals surface area contributed by atoms with Crippen LogP contribution in [0.1, 0.15) is 18.7 Å². The summed E-state index contributed by atoms with van der Waals surface area (Å²) < 4.78 is 13.3. The van der Waals surface area contributed by atoms with Crippen molar-refractivity contribution in [1.29, 1.82) is 0 Å². The van der Waals surface area contributed by atoms with Crippen molar-refractivity contribution >= 4 is 44.3 Å². The van der Waals surface area contributed by atoms with Crippen LogP contribution < -0.4 is 4.78 Å². The molecule has 0 N–H and O–H groups in total. The van der Waals surface area contributed by atoms with Crippen LogP contribution in [-0.4, -0.2) is 20.2 Å². The summed E-state index contributed by atoms with van der Waals surface area (Å²) in [6.07, 6.45) is 0. The third kappa shape index (κ3) is 2.79. The van der Waals surface area contributed by atoms with Crippen molar-refractivity contribution in [3.63, 3.8) is 0 Å². The smallest absolute Gasteiger partial charge is 0.419 e. The van der Waals surface area contributed by atoms with Gasteiger partial charge in [-0.05, 0) is 32.9 Å². The van der Waals surface area contributed by atoms with Crippen LogP contribution in [0.2, 0.25) is 0 Å². The Morgan fingerprint density at radius 3 is 2.67 bits per heavy atom. The molecule has 18 heavy (non-hydrogen) atoms. The maximum Gasteiger partial charge on any atom is 0.419 e. The lowest BCUT2D eigenvalue weighted by atomic mass is 9.96. The first kappa shape index (κ1) is 13.7. The Bertz CT molecular complexity index is 537. The molecule has 0 saturated carbocycles. The summed E-state index contributed by atoms with van der Waals surface area (Å²) >= 11 is 3.55. The highest BCUT2D eigenvalue weighted by molar-refractivity contribution is 7.41. The van der Waals surface area contributed by atoms with E-state index in [0.717, 1.165) is 4.78 Å². The largest absolute Gasteiger partial charge is 0.558 e. The molecule has 0 saturated heterocycles. The van der Waals surface area contributed by atoms with E-state index in [-0.39, 0.29) is 0 Å². The fourth-order valence-electron chi connectivity index (χ4n) is 1.43. The van der Waals surface area contributed by atoms with Gasteiger partial charge < -0.3 is 9.39 Å². The molecule has 0 aliphatic heterocycles. The van der Waals surface area contributed by atoms with Crippen LogP contribution in [0.15, 0.2) is 24.5 Å². The van der Waals surface area contributed by atoms with E-state index in [1.165, 1.54) is 14.3 Å². The molecule has 2 aromatic rings. The average Bonchev–Trinajstić information content (AvgIpc) is 2.82. The molecule has 2 aromatic heterocycles. The highest BCUT2D eigenvalue weighted by Gasteiger charge is 2.22. The lowest BCUT2D eigenvalue weighted by molar-refractivity contribution is 0.0267. The zero-order valence-electron chi connectivity index (χ0n) is 11.1. The van der Waals surface area contributed by atoms with Gasteiger partial charge in [0.15, 0.2) is 0 Å². The number of thiophene rings is 2. The lowest BCUT2D eigenvalue weighted by Crippen LogP contribution is -2.29. The van der Waals surface area contributed by atoms with E-state index in [2.05, 4.69) is 25.6 Å². The van der Waals surface area contributed by atoms with Crippen LogP contribution in [-0.2, 0) is 9.39 Å². The monoisotopic (exact) mass is 279 g/mol. The number of methoxy groups -OCH3 is 1. The summed E-state index contributed by atoms with van der Waals surface area (Å²) in [5, 5.41) is 1.29. The van der Waals surface area contributed by atoms with Gasteiger partial charge in [0.05, 0.1) is 9.77 Å². The summed E-state index contributed by atoms with van der Waals surface area (Å²) in [4.78, 5) is 1.34. The van der Waals surface area contributed by atoms with Crippen LogP contribution in [0.3, 0.4) is 0 Å². The fraction of sp³-hybridized carbons (Fsp3) is 0.385. The van der Waals surface area contributed by atoms with E-state index in [1.54, 1.807) is 25.9 Å². The summed E-state index contributed by atoms with van der Waals surface area (Å²) in [5.41, 5.74) is -0.471.